The molecule has 0 saturated carbocycles. The second-order valence-corrected chi connectivity index (χ2v) is 4.35. The third-order valence-electron chi connectivity index (χ3n) is 2.87. The summed E-state index contributed by atoms with van der Waals surface area (Å²) in [5.74, 6) is -0.808. The smallest absolute Gasteiger partial charge is 0.337 e. The van der Waals surface area contributed by atoms with Crippen LogP contribution in [0, 0.1) is 6.92 Å². The number of hydrogen-bond donors (Lipinski definition) is 2. The SMILES string of the molecule is Cc1nc(C(=O)NC(C)c2ccco2)ccc1C(=O)O. The Morgan fingerprint density at radius 1 is 1.35 bits per heavy atom. The third kappa shape index (κ3) is 2.85. The lowest BCUT2D eigenvalue weighted by Gasteiger charge is -2.11. The van der Waals surface area contributed by atoms with Crippen molar-refractivity contribution in [3.63, 3.8) is 0 Å². The summed E-state index contributed by atoms with van der Waals surface area (Å²) < 4.78 is 5.19. The molecule has 1 amide bonds. The molecular weight excluding hydrogens is 260 g/mol. The minimum atomic E-state index is -1.06. The predicted octanol–water partition coefficient (Wildman–Crippen LogP) is 2.17. The molecule has 2 aromatic rings. The van der Waals surface area contributed by atoms with Crippen LogP contribution in [0.2, 0.25) is 0 Å². The Hall–Kier alpha value is -2.63. The Kier molecular flexibility index (Phi) is 3.84. The van der Waals surface area contributed by atoms with Crippen molar-refractivity contribution in [3.8, 4) is 0 Å². The zero-order chi connectivity index (χ0) is 14.7. The molecule has 104 valence electrons. The molecule has 0 aliphatic carbocycles. The summed E-state index contributed by atoms with van der Waals surface area (Å²) in [4.78, 5) is 26.9. The summed E-state index contributed by atoms with van der Waals surface area (Å²) in [7, 11) is 0. The summed E-state index contributed by atoms with van der Waals surface area (Å²) in [5, 5.41) is 11.6. The van der Waals surface area contributed by atoms with Crippen molar-refractivity contribution in [2.24, 2.45) is 0 Å². The van der Waals surface area contributed by atoms with Crippen LogP contribution in [0.15, 0.2) is 34.9 Å². The number of carboxylic acids is 1. The van der Waals surface area contributed by atoms with Gasteiger partial charge in [-0.05, 0) is 38.1 Å². The highest BCUT2D eigenvalue weighted by Crippen LogP contribution is 2.13. The highest BCUT2D eigenvalue weighted by Gasteiger charge is 2.16. The standard InChI is InChI=1S/C14H14N2O4/c1-8-10(14(18)19)5-6-11(15-8)13(17)16-9(2)12-4-3-7-20-12/h3-7,9H,1-2H3,(H,16,17)(H,18,19). The van der Waals surface area contributed by atoms with Crippen LogP contribution in [0.4, 0.5) is 0 Å². The molecule has 2 aromatic heterocycles. The molecule has 0 bridgehead atoms. The lowest BCUT2D eigenvalue weighted by Crippen LogP contribution is -2.27. The van der Waals surface area contributed by atoms with E-state index in [2.05, 4.69) is 10.3 Å². The fraction of sp³-hybridized carbons (Fsp3) is 0.214. The third-order valence-corrected chi connectivity index (χ3v) is 2.87. The van der Waals surface area contributed by atoms with E-state index in [0.717, 1.165) is 0 Å². The van der Waals surface area contributed by atoms with Crippen LogP contribution in [-0.2, 0) is 0 Å². The van der Waals surface area contributed by atoms with Crippen molar-refractivity contribution >= 4 is 11.9 Å². The Bertz CT molecular complexity index is 635. The van der Waals surface area contributed by atoms with Crippen molar-refractivity contribution in [2.75, 3.05) is 0 Å². The van der Waals surface area contributed by atoms with Crippen LogP contribution in [-0.4, -0.2) is 22.0 Å². The average molecular weight is 274 g/mol. The number of aromatic carboxylic acids is 1. The van der Waals surface area contributed by atoms with Gasteiger partial charge in [0.1, 0.15) is 11.5 Å². The average Bonchev–Trinajstić information content (AvgIpc) is 2.91. The van der Waals surface area contributed by atoms with E-state index in [1.807, 2.05) is 0 Å². The maximum Gasteiger partial charge on any atom is 0.337 e. The molecule has 0 radical (unpaired) electrons. The molecule has 1 unspecified atom stereocenters. The van der Waals surface area contributed by atoms with Gasteiger partial charge in [-0.2, -0.15) is 0 Å². The van der Waals surface area contributed by atoms with Gasteiger partial charge in [0.25, 0.3) is 5.91 Å². The van der Waals surface area contributed by atoms with Crippen LogP contribution < -0.4 is 5.32 Å². The first kappa shape index (κ1) is 13.8. The summed E-state index contributed by atoms with van der Waals surface area (Å²) in [6.07, 6.45) is 1.53. The van der Waals surface area contributed by atoms with Gasteiger partial charge in [-0.3, -0.25) is 4.79 Å². The molecule has 2 rings (SSSR count). The van der Waals surface area contributed by atoms with Gasteiger partial charge in [-0.25, -0.2) is 9.78 Å². The number of carboxylic acid groups (broad SMARTS) is 1. The van der Waals surface area contributed by atoms with Crippen LogP contribution in [0.25, 0.3) is 0 Å². The summed E-state index contributed by atoms with van der Waals surface area (Å²) in [6.45, 7) is 3.34. The molecule has 6 nitrogen and oxygen atoms in total. The number of pyridine rings is 1. The normalized spacial score (nSPS) is 11.9. The molecule has 20 heavy (non-hydrogen) atoms. The number of aryl methyl sites for hydroxylation is 1. The van der Waals surface area contributed by atoms with E-state index >= 15 is 0 Å². The molecule has 0 aliphatic rings. The quantitative estimate of drug-likeness (QED) is 0.891. The number of furan rings is 1. The van der Waals surface area contributed by atoms with Crippen LogP contribution in [0.1, 0.15) is 45.3 Å². The molecule has 6 heteroatoms. The molecule has 0 spiro atoms. The molecule has 0 aromatic carbocycles. The van der Waals surface area contributed by atoms with E-state index in [1.165, 1.54) is 18.4 Å². The van der Waals surface area contributed by atoms with Gasteiger partial charge in [-0.1, -0.05) is 0 Å². The minimum absolute atomic E-state index is 0.0839. The lowest BCUT2D eigenvalue weighted by molar-refractivity contribution is 0.0694. The summed E-state index contributed by atoms with van der Waals surface area (Å²) in [5.41, 5.74) is 0.558. The van der Waals surface area contributed by atoms with Crippen molar-refractivity contribution in [2.45, 2.75) is 19.9 Å². The predicted molar refractivity (Wildman–Crippen MR) is 70.5 cm³/mol. The van der Waals surface area contributed by atoms with E-state index < -0.39 is 5.97 Å². The number of nitrogens with one attached hydrogen (secondary N) is 1. The minimum Gasteiger partial charge on any atom is -0.478 e. The monoisotopic (exact) mass is 274 g/mol. The van der Waals surface area contributed by atoms with Crippen LogP contribution in [0.5, 0.6) is 0 Å². The first-order chi connectivity index (χ1) is 9.49. The molecule has 0 saturated heterocycles. The van der Waals surface area contributed by atoms with Crippen LogP contribution in [0.3, 0.4) is 0 Å². The van der Waals surface area contributed by atoms with E-state index in [9.17, 15) is 9.59 Å². The molecule has 2 N–H and O–H groups in total. The lowest BCUT2D eigenvalue weighted by atomic mass is 10.1. The molecule has 2 heterocycles. The first-order valence-corrected chi connectivity index (χ1v) is 6.04. The topological polar surface area (TPSA) is 92.4 Å². The second kappa shape index (κ2) is 5.56. The second-order valence-electron chi connectivity index (χ2n) is 4.35. The maximum atomic E-state index is 12.0. The largest absolute Gasteiger partial charge is 0.478 e. The van der Waals surface area contributed by atoms with Crippen LogP contribution >= 0.6 is 0 Å². The highest BCUT2D eigenvalue weighted by molar-refractivity contribution is 5.94. The Morgan fingerprint density at radius 2 is 2.10 bits per heavy atom. The number of aromatic nitrogens is 1. The summed E-state index contributed by atoms with van der Waals surface area (Å²) in [6, 6.07) is 5.97. The highest BCUT2D eigenvalue weighted by atomic mass is 16.4. The molecule has 0 fully saturated rings. The van der Waals surface area contributed by atoms with Crippen molar-refractivity contribution in [1.82, 2.24) is 10.3 Å². The van der Waals surface area contributed by atoms with Crippen molar-refractivity contribution in [3.05, 3.63) is 53.2 Å². The Morgan fingerprint density at radius 3 is 2.65 bits per heavy atom. The zero-order valence-corrected chi connectivity index (χ0v) is 11.1. The van der Waals surface area contributed by atoms with Gasteiger partial charge in [0, 0.05) is 0 Å². The van der Waals surface area contributed by atoms with Crippen molar-refractivity contribution < 1.29 is 19.1 Å². The fourth-order valence-corrected chi connectivity index (χ4v) is 1.79. The van der Waals surface area contributed by atoms with Gasteiger partial charge in [0.15, 0.2) is 0 Å². The van der Waals surface area contributed by atoms with Gasteiger partial charge in [-0.15, -0.1) is 0 Å². The molecule has 0 aliphatic heterocycles. The van der Waals surface area contributed by atoms with Gasteiger partial charge >= 0.3 is 5.97 Å². The van der Waals surface area contributed by atoms with Crippen molar-refractivity contribution in [1.29, 1.82) is 0 Å². The number of carbonyl (C=O) groups is 2. The number of rotatable bonds is 4. The maximum absolute atomic E-state index is 12.0. The van der Waals surface area contributed by atoms with E-state index in [1.54, 1.807) is 26.0 Å². The van der Waals surface area contributed by atoms with Gasteiger partial charge in [0.05, 0.1) is 23.6 Å². The van der Waals surface area contributed by atoms with E-state index in [4.69, 9.17) is 9.52 Å². The van der Waals surface area contributed by atoms with E-state index in [-0.39, 0.29) is 23.2 Å². The number of carbonyl (C=O) groups excluding carboxylic acids is 1. The number of amides is 1. The first-order valence-electron chi connectivity index (χ1n) is 6.04. The molecular formula is C14H14N2O4. The summed E-state index contributed by atoms with van der Waals surface area (Å²) >= 11 is 0. The zero-order valence-electron chi connectivity index (χ0n) is 11.1. The Balaban J connectivity index is 2.14. The van der Waals surface area contributed by atoms with E-state index in [0.29, 0.717) is 11.5 Å². The number of hydrogen-bond acceptors (Lipinski definition) is 4. The molecule has 1 atom stereocenters. The number of nitrogens with zero attached hydrogens (tertiary/aromatic N) is 1. The Labute approximate surface area is 115 Å². The fourth-order valence-electron chi connectivity index (χ4n) is 1.79. The van der Waals surface area contributed by atoms with Gasteiger partial charge < -0.3 is 14.8 Å². The van der Waals surface area contributed by atoms with Gasteiger partial charge in [0.2, 0.25) is 0 Å².